The van der Waals surface area contributed by atoms with Crippen molar-refractivity contribution in [2.45, 2.75) is 6.42 Å². The van der Waals surface area contributed by atoms with Gasteiger partial charge < -0.3 is 9.84 Å². The maximum Gasteiger partial charge on any atom is 0.157 e. The first kappa shape index (κ1) is 8.59. The van der Waals surface area contributed by atoms with Gasteiger partial charge in [-0.15, -0.1) is 0 Å². The number of hydrogen-bond donors (Lipinski definition) is 1. The summed E-state index contributed by atoms with van der Waals surface area (Å²) in [5.41, 5.74) is 0. The molecule has 3 heteroatoms. The monoisotopic (exact) mass is 166 g/mol. The zero-order chi connectivity index (χ0) is 8.81. The third-order valence-electron chi connectivity index (χ3n) is 1.40. The topological polar surface area (TPSA) is 46.5 Å². The highest BCUT2D eigenvalue weighted by Crippen LogP contribution is 2.10. The molecule has 0 aromatic carbocycles. The molecule has 3 nitrogen and oxygen atoms in total. The first-order valence-electron chi connectivity index (χ1n) is 3.65. The second kappa shape index (κ2) is 4.38. The zero-order valence-electron chi connectivity index (χ0n) is 6.56. The van der Waals surface area contributed by atoms with Crippen LogP contribution in [0.15, 0.2) is 35.8 Å². The molecule has 0 saturated carbocycles. The van der Waals surface area contributed by atoms with E-state index in [2.05, 4.69) is 0 Å². The Labute approximate surface area is 70.7 Å². The van der Waals surface area contributed by atoms with Crippen molar-refractivity contribution in [3.05, 3.63) is 35.8 Å². The van der Waals surface area contributed by atoms with E-state index in [-0.39, 0.29) is 12.4 Å². The molecule has 0 aromatic rings. The van der Waals surface area contributed by atoms with Crippen molar-refractivity contribution in [2.24, 2.45) is 0 Å². The number of carbonyl (C=O) groups excluding carboxylic acids is 1. The Hall–Kier alpha value is -1.51. The number of hydrogen-bond acceptors (Lipinski definition) is 3. The third kappa shape index (κ3) is 2.62. The highest BCUT2D eigenvalue weighted by molar-refractivity contribution is 5.50. The van der Waals surface area contributed by atoms with Crippen molar-refractivity contribution in [1.29, 1.82) is 0 Å². The Bertz CT molecular complexity index is 246. The molecule has 0 amide bonds. The van der Waals surface area contributed by atoms with Gasteiger partial charge in [0.15, 0.2) is 6.29 Å². The number of ether oxygens (including phenoxy) is 1. The summed E-state index contributed by atoms with van der Waals surface area (Å²) in [4.78, 5) is 9.96. The fourth-order valence-electron chi connectivity index (χ4n) is 0.843. The molecule has 0 atom stereocenters. The van der Waals surface area contributed by atoms with E-state index in [0.29, 0.717) is 18.5 Å². The first-order valence-corrected chi connectivity index (χ1v) is 3.65. The van der Waals surface area contributed by atoms with Gasteiger partial charge in [-0.25, -0.2) is 0 Å². The van der Waals surface area contributed by atoms with E-state index in [1.807, 2.05) is 0 Å². The van der Waals surface area contributed by atoms with Crippen LogP contribution in [0.1, 0.15) is 6.42 Å². The lowest BCUT2D eigenvalue weighted by Gasteiger charge is -2.02. The van der Waals surface area contributed by atoms with E-state index < -0.39 is 0 Å². The average molecular weight is 166 g/mol. The molecule has 0 radical (unpaired) electrons. The highest BCUT2D eigenvalue weighted by Gasteiger charge is 1.98. The predicted molar refractivity (Wildman–Crippen MR) is 44.6 cm³/mol. The van der Waals surface area contributed by atoms with Gasteiger partial charge in [-0.3, -0.25) is 4.79 Å². The molecule has 1 aliphatic rings. The minimum atomic E-state index is 0.0638. The standard InChI is InChI=1S/C9H10O3/c10-6-7-12-9-3-1-2-8(11)4-5-9/h1-4,6,11H,5,7H2. The van der Waals surface area contributed by atoms with Gasteiger partial charge in [0.2, 0.25) is 0 Å². The summed E-state index contributed by atoms with van der Waals surface area (Å²) < 4.78 is 5.05. The van der Waals surface area contributed by atoms with Gasteiger partial charge in [0.25, 0.3) is 0 Å². The van der Waals surface area contributed by atoms with E-state index in [1.54, 1.807) is 24.3 Å². The summed E-state index contributed by atoms with van der Waals surface area (Å²) in [5.74, 6) is 0.901. The SMILES string of the molecule is O=CCOC1=CC=CC(O)=CC1. The van der Waals surface area contributed by atoms with Gasteiger partial charge in [-0.1, -0.05) is 6.08 Å². The Morgan fingerprint density at radius 3 is 3.25 bits per heavy atom. The van der Waals surface area contributed by atoms with E-state index in [0.717, 1.165) is 0 Å². The van der Waals surface area contributed by atoms with Crippen molar-refractivity contribution < 1.29 is 14.6 Å². The lowest BCUT2D eigenvalue weighted by Crippen LogP contribution is -1.94. The molecule has 0 fully saturated rings. The minimum Gasteiger partial charge on any atom is -0.508 e. The van der Waals surface area contributed by atoms with Crippen molar-refractivity contribution in [2.75, 3.05) is 6.61 Å². The zero-order valence-corrected chi connectivity index (χ0v) is 6.56. The van der Waals surface area contributed by atoms with Gasteiger partial charge in [0.1, 0.15) is 18.1 Å². The third-order valence-corrected chi connectivity index (χ3v) is 1.40. The van der Waals surface area contributed by atoms with Crippen LogP contribution >= 0.6 is 0 Å². The molecular formula is C9H10O3. The van der Waals surface area contributed by atoms with Crippen molar-refractivity contribution in [3.8, 4) is 0 Å². The van der Waals surface area contributed by atoms with E-state index in [9.17, 15) is 4.79 Å². The number of carbonyl (C=O) groups is 1. The van der Waals surface area contributed by atoms with Crippen LogP contribution in [0.25, 0.3) is 0 Å². The molecule has 1 aliphatic carbocycles. The van der Waals surface area contributed by atoms with E-state index in [4.69, 9.17) is 9.84 Å². The average Bonchev–Trinajstić information content (AvgIpc) is 2.27. The summed E-state index contributed by atoms with van der Waals surface area (Å²) in [6, 6.07) is 0. The number of allylic oxidation sites excluding steroid dienone is 4. The molecule has 64 valence electrons. The van der Waals surface area contributed by atoms with Crippen molar-refractivity contribution in [1.82, 2.24) is 0 Å². The molecule has 1 rings (SSSR count). The van der Waals surface area contributed by atoms with Gasteiger partial charge in [0, 0.05) is 6.42 Å². The lowest BCUT2D eigenvalue weighted by molar-refractivity contribution is -0.110. The van der Waals surface area contributed by atoms with E-state index in [1.165, 1.54) is 0 Å². The van der Waals surface area contributed by atoms with Gasteiger partial charge in [0.05, 0.1) is 0 Å². The maximum atomic E-state index is 9.96. The normalized spacial score (nSPS) is 16.0. The molecule has 1 N–H and O–H groups in total. The van der Waals surface area contributed by atoms with Crippen LogP contribution in [0, 0.1) is 0 Å². The summed E-state index contributed by atoms with van der Waals surface area (Å²) in [6.45, 7) is 0.0638. The van der Waals surface area contributed by atoms with Crippen LogP contribution < -0.4 is 0 Å². The molecule has 0 aromatic heterocycles. The largest absolute Gasteiger partial charge is 0.508 e. The summed E-state index contributed by atoms with van der Waals surface area (Å²) in [6.07, 6.45) is 7.81. The minimum absolute atomic E-state index is 0.0638. The van der Waals surface area contributed by atoms with Crippen molar-refractivity contribution in [3.63, 3.8) is 0 Å². The van der Waals surface area contributed by atoms with Crippen LogP contribution in [-0.2, 0) is 9.53 Å². The summed E-state index contributed by atoms with van der Waals surface area (Å²) in [7, 11) is 0. The molecule has 0 bridgehead atoms. The molecular weight excluding hydrogens is 156 g/mol. The molecule has 0 saturated heterocycles. The second-order valence-corrected chi connectivity index (χ2v) is 2.30. The van der Waals surface area contributed by atoms with Crippen LogP contribution in [0.2, 0.25) is 0 Å². The molecule has 12 heavy (non-hydrogen) atoms. The Kier molecular flexibility index (Phi) is 3.14. The van der Waals surface area contributed by atoms with Gasteiger partial charge in [-0.05, 0) is 18.2 Å². The fourth-order valence-corrected chi connectivity index (χ4v) is 0.843. The lowest BCUT2D eigenvalue weighted by atomic mass is 10.3. The number of rotatable bonds is 3. The van der Waals surface area contributed by atoms with Crippen LogP contribution in [-0.4, -0.2) is 18.0 Å². The fraction of sp³-hybridized carbons (Fsp3) is 0.222. The number of aldehydes is 1. The summed E-state index contributed by atoms with van der Waals surface area (Å²) in [5, 5.41) is 9.05. The number of aliphatic hydroxyl groups excluding tert-OH is 1. The smallest absolute Gasteiger partial charge is 0.157 e. The van der Waals surface area contributed by atoms with Crippen LogP contribution in [0.3, 0.4) is 0 Å². The Morgan fingerprint density at radius 2 is 2.50 bits per heavy atom. The Balaban J connectivity index is 2.51. The quantitative estimate of drug-likeness (QED) is 0.646. The molecule has 0 heterocycles. The Morgan fingerprint density at radius 1 is 1.67 bits per heavy atom. The first-order chi connectivity index (χ1) is 5.83. The van der Waals surface area contributed by atoms with E-state index >= 15 is 0 Å². The highest BCUT2D eigenvalue weighted by atomic mass is 16.5. The molecule has 0 aliphatic heterocycles. The summed E-state index contributed by atoms with van der Waals surface area (Å²) >= 11 is 0. The van der Waals surface area contributed by atoms with Crippen LogP contribution in [0.5, 0.6) is 0 Å². The van der Waals surface area contributed by atoms with Crippen LogP contribution in [0.4, 0.5) is 0 Å². The van der Waals surface area contributed by atoms with Gasteiger partial charge in [-0.2, -0.15) is 0 Å². The maximum absolute atomic E-state index is 9.96. The molecule has 0 unspecified atom stereocenters. The van der Waals surface area contributed by atoms with Gasteiger partial charge >= 0.3 is 0 Å². The number of aliphatic hydroxyl groups is 1. The van der Waals surface area contributed by atoms with Crippen molar-refractivity contribution >= 4 is 6.29 Å². The second-order valence-electron chi connectivity index (χ2n) is 2.30. The predicted octanol–water partition coefficient (Wildman–Crippen LogP) is 1.49. The molecule has 0 spiro atoms.